The van der Waals surface area contributed by atoms with Crippen LogP contribution < -0.4 is 11.1 Å². The van der Waals surface area contributed by atoms with Crippen LogP contribution in [0.3, 0.4) is 0 Å². The number of halogens is 1. The second kappa shape index (κ2) is 5.99. The first kappa shape index (κ1) is 13.8. The number of anilines is 1. The number of hydrogen-bond donors (Lipinski definition) is 2. The molecule has 2 atom stereocenters. The van der Waals surface area contributed by atoms with Gasteiger partial charge in [0.25, 0.3) is 0 Å². The smallest absolute Gasteiger partial charge is 0.322 e. The molecular weight excluding hydrogens is 249 g/mol. The average molecular weight is 267 g/mol. The molecule has 0 saturated carbocycles. The number of nitrogens with zero attached hydrogens (tertiary/aromatic N) is 1. The van der Waals surface area contributed by atoms with Gasteiger partial charge in [0.15, 0.2) is 0 Å². The number of hydrogen-bond acceptors (Lipinski definition) is 3. The molecule has 1 saturated heterocycles. The Bertz CT molecular complexity index is 455. The quantitative estimate of drug-likeness (QED) is 0.851. The van der Waals surface area contributed by atoms with Crippen molar-refractivity contribution in [2.45, 2.75) is 19.1 Å². The van der Waals surface area contributed by atoms with Crippen LogP contribution in [-0.4, -0.2) is 42.8 Å². The number of benzene rings is 1. The summed E-state index contributed by atoms with van der Waals surface area (Å²) in [5.41, 5.74) is 5.99. The van der Waals surface area contributed by atoms with Crippen molar-refractivity contribution in [3.8, 4) is 0 Å². The fraction of sp³-hybridized carbons (Fsp3) is 0.462. The summed E-state index contributed by atoms with van der Waals surface area (Å²) < 4.78 is 18.5. The Kier molecular flexibility index (Phi) is 4.34. The van der Waals surface area contributed by atoms with Crippen LogP contribution in [0.2, 0.25) is 0 Å². The molecule has 2 rings (SSSR count). The molecule has 0 radical (unpaired) electrons. The maximum absolute atomic E-state index is 13.1. The van der Waals surface area contributed by atoms with Crippen LogP contribution in [0, 0.1) is 5.82 Å². The van der Waals surface area contributed by atoms with E-state index in [0.717, 1.165) is 0 Å². The predicted molar refractivity (Wildman–Crippen MR) is 70.4 cm³/mol. The second-order valence-corrected chi connectivity index (χ2v) is 4.63. The Balaban J connectivity index is 2.02. The van der Waals surface area contributed by atoms with Crippen molar-refractivity contribution in [2.24, 2.45) is 5.73 Å². The summed E-state index contributed by atoms with van der Waals surface area (Å²) in [6.45, 7) is 3.17. The molecule has 1 aromatic rings. The molecule has 2 amide bonds. The normalized spacial score (nSPS) is 23.2. The van der Waals surface area contributed by atoms with Gasteiger partial charge in [-0.05, 0) is 25.1 Å². The van der Waals surface area contributed by atoms with E-state index in [9.17, 15) is 9.18 Å². The van der Waals surface area contributed by atoms with E-state index < -0.39 is 0 Å². The molecule has 1 aliphatic heterocycles. The van der Waals surface area contributed by atoms with E-state index in [1.54, 1.807) is 17.0 Å². The van der Waals surface area contributed by atoms with E-state index >= 15 is 0 Å². The molecule has 0 aromatic heterocycles. The molecule has 6 heteroatoms. The van der Waals surface area contributed by atoms with Gasteiger partial charge in [-0.3, -0.25) is 0 Å². The van der Waals surface area contributed by atoms with Gasteiger partial charge < -0.3 is 20.7 Å². The summed E-state index contributed by atoms with van der Waals surface area (Å²) >= 11 is 0. The highest BCUT2D eigenvalue weighted by atomic mass is 19.1. The number of carbonyl (C=O) groups is 1. The Morgan fingerprint density at radius 3 is 3.11 bits per heavy atom. The number of amides is 2. The molecule has 1 aliphatic rings. The van der Waals surface area contributed by atoms with Gasteiger partial charge in [0.05, 0.1) is 25.3 Å². The molecule has 19 heavy (non-hydrogen) atoms. The van der Waals surface area contributed by atoms with E-state index in [0.29, 0.717) is 25.4 Å². The van der Waals surface area contributed by atoms with Gasteiger partial charge in [-0.25, -0.2) is 9.18 Å². The summed E-state index contributed by atoms with van der Waals surface area (Å²) in [6, 6.07) is 5.51. The zero-order valence-electron chi connectivity index (χ0n) is 10.8. The number of ether oxygens (including phenoxy) is 1. The first-order valence-corrected chi connectivity index (χ1v) is 6.25. The highest BCUT2D eigenvalue weighted by Gasteiger charge is 2.28. The number of carbonyl (C=O) groups excluding carboxylic acids is 1. The number of rotatable bonds is 2. The van der Waals surface area contributed by atoms with Crippen LogP contribution in [0.15, 0.2) is 24.3 Å². The van der Waals surface area contributed by atoms with E-state index in [1.807, 2.05) is 6.92 Å². The molecule has 2 unspecified atom stereocenters. The van der Waals surface area contributed by atoms with Crippen molar-refractivity contribution in [3.05, 3.63) is 30.1 Å². The zero-order valence-corrected chi connectivity index (χ0v) is 10.8. The summed E-state index contributed by atoms with van der Waals surface area (Å²) in [5, 5.41) is 2.68. The average Bonchev–Trinajstić information content (AvgIpc) is 2.39. The third-order valence-electron chi connectivity index (χ3n) is 3.11. The summed E-state index contributed by atoms with van der Waals surface area (Å²) in [4.78, 5) is 13.8. The summed E-state index contributed by atoms with van der Waals surface area (Å²) in [7, 11) is 0. The van der Waals surface area contributed by atoms with Crippen molar-refractivity contribution in [3.63, 3.8) is 0 Å². The van der Waals surface area contributed by atoms with Crippen molar-refractivity contribution in [1.82, 2.24) is 4.90 Å². The minimum atomic E-state index is -0.382. The molecule has 1 aromatic carbocycles. The lowest BCUT2D eigenvalue weighted by Gasteiger charge is -2.37. The number of morpholine rings is 1. The Hall–Kier alpha value is -1.66. The molecule has 3 N–H and O–H groups in total. The second-order valence-electron chi connectivity index (χ2n) is 4.63. The predicted octanol–water partition coefficient (Wildman–Crippen LogP) is 1.41. The van der Waals surface area contributed by atoms with E-state index in [2.05, 4.69) is 5.32 Å². The summed E-state index contributed by atoms with van der Waals surface area (Å²) in [5.74, 6) is -0.382. The van der Waals surface area contributed by atoms with Gasteiger partial charge in [-0.2, -0.15) is 0 Å². The van der Waals surface area contributed by atoms with Gasteiger partial charge >= 0.3 is 6.03 Å². The molecule has 0 bridgehead atoms. The highest BCUT2D eigenvalue weighted by molar-refractivity contribution is 5.89. The van der Waals surface area contributed by atoms with Crippen LogP contribution in [0.4, 0.5) is 14.9 Å². The topological polar surface area (TPSA) is 67.6 Å². The first-order chi connectivity index (χ1) is 9.10. The van der Waals surface area contributed by atoms with E-state index in [4.69, 9.17) is 10.5 Å². The molecular formula is C13H18FN3O2. The fourth-order valence-corrected chi connectivity index (χ4v) is 2.00. The molecule has 1 fully saturated rings. The molecule has 104 valence electrons. The lowest BCUT2D eigenvalue weighted by molar-refractivity contribution is -0.0341. The maximum atomic E-state index is 13.1. The molecule has 0 aliphatic carbocycles. The molecule has 1 heterocycles. The van der Waals surface area contributed by atoms with Gasteiger partial charge in [-0.1, -0.05) is 6.07 Å². The Morgan fingerprint density at radius 2 is 2.42 bits per heavy atom. The third-order valence-corrected chi connectivity index (χ3v) is 3.11. The molecule has 5 nitrogen and oxygen atoms in total. The Labute approximate surface area is 111 Å². The SMILES string of the molecule is CC1COC(CN)CN1C(=O)Nc1cccc(F)c1. The largest absolute Gasteiger partial charge is 0.373 e. The lowest BCUT2D eigenvalue weighted by atomic mass is 10.2. The van der Waals surface area contributed by atoms with E-state index in [-0.39, 0.29) is 24.0 Å². The number of nitrogens with two attached hydrogens (primary N) is 1. The number of nitrogens with one attached hydrogen (secondary N) is 1. The third kappa shape index (κ3) is 3.42. The highest BCUT2D eigenvalue weighted by Crippen LogP contribution is 2.15. The summed E-state index contributed by atoms with van der Waals surface area (Å²) in [6.07, 6.45) is -0.144. The standard InChI is InChI=1S/C13H18FN3O2/c1-9-8-19-12(6-15)7-17(9)13(18)16-11-4-2-3-10(14)5-11/h2-5,9,12H,6-8,15H2,1H3,(H,16,18). The van der Waals surface area contributed by atoms with E-state index in [1.165, 1.54) is 12.1 Å². The van der Waals surface area contributed by atoms with Crippen molar-refractivity contribution < 1.29 is 13.9 Å². The van der Waals surface area contributed by atoms with Crippen LogP contribution in [0.5, 0.6) is 0 Å². The van der Waals surface area contributed by atoms with Crippen LogP contribution >= 0.6 is 0 Å². The van der Waals surface area contributed by atoms with Crippen molar-refractivity contribution in [1.29, 1.82) is 0 Å². The van der Waals surface area contributed by atoms with Crippen LogP contribution in [-0.2, 0) is 4.74 Å². The van der Waals surface area contributed by atoms with Gasteiger partial charge in [0, 0.05) is 12.2 Å². The maximum Gasteiger partial charge on any atom is 0.322 e. The Morgan fingerprint density at radius 1 is 1.63 bits per heavy atom. The fourth-order valence-electron chi connectivity index (χ4n) is 2.00. The van der Waals surface area contributed by atoms with Gasteiger partial charge in [0.1, 0.15) is 5.82 Å². The molecule has 0 spiro atoms. The van der Waals surface area contributed by atoms with Gasteiger partial charge in [0.2, 0.25) is 0 Å². The van der Waals surface area contributed by atoms with Gasteiger partial charge in [-0.15, -0.1) is 0 Å². The van der Waals surface area contributed by atoms with Crippen molar-refractivity contribution in [2.75, 3.05) is 25.0 Å². The van der Waals surface area contributed by atoms with Crippen molar-refractivity contribution >= 4 is 11.7 Å². The minimum Gasteiger partial charge on any atom is -0.373 e. The first-order valence-electron chi connectivity index (χ1n) is 6.25. The number of urea groups is 1. The van der Waals surface area contributed by atoms with Crippen LogP contribution in [0.1, 0.15) is 6.92 Å². The van der Waals surface area contributed by atoms with Crippen LogP contribution in [0.25, 0.3) is 0 Å². The lowest BCUT2D eigenvalue weighted by Crippen LogP contribution is -2.54. The monoisotopic (exact) mass is 267 g/mol. The zero-order chi connectivity index (χ0) is 13.8. The minimum absolute atomic E-state index is 0.0311.